The van der Waals surface area contributed by atoms with Gasteiger partial charge in [-0.3, -0.25) is 0 Å². The van der Waals surface area contributed by atoms with E-state index in [4.69, 9.17) is 23.2 Å². The van der Waals surface area contributed by atoms with Crippen molar-refractivity contribution in [3.63, 3.8) is 0 Å². The van der Waals surface area contributed by atoms with Gasteiger partial charge in [0.1, 0.15) is 5.15 Å². The molecule has 0 fully saturated rings. The molecule has 0 aliphatic rings. The minimum atomic E-state index is -4.36. The summed E-state index contributed by atoms with van der Waals surface area (Å²) in [5.41, 5.74) is -0.112. The smallest absolute Gasteiger partial charge is 0.215 e. The quantitative estimate of drug-likeness (QED) is 0.460. The van der Waals surface area contributed by atoms with Crippen LogP contribution in [0.15, 0.2) is 36.6 Å². The van der Waals surface area contributed by atoms with E-state index in [0.717, 1.165) is 13.0 Å². The molecule has 0 aliphatic carbocycles. The summed E-state index contributed by atoms with van der Waals surface area (Å²) in [6, 6.07) is 0. The van der Waals surface area contributed by atoms with E-state index in [1.54, 1.807) is 0 Å². The van der Waals surface area contributed by atoms with Gasteiger partial charge in [0, 0.05) is 5.57 Å². The van der Waals surface area contributed by atoms with Crippen molar-refractivity contribution in [1.82, 2.24) is 19.7 Å². The van der Waals surface area contributed by atoms with Crippen molar-refractivity contribution in [1.29, 1.82) is 0 Å². The second kappa shape index (κ2) is 6.10. The Kier molecular flexibility index (Phi) is 4.58. The van der Waals surface area contributed by atoms with Crippen molar-refractivity contribution in [2.75, 3.05) is 0 Å². The summed E-state index contributed by atoms with van der Waals surface area (Å²) in [4.78, 5) is 7.75. The summed E-state index contributed by atoms with van der Waals surface area (Å²) in [7, 11) is 0. The predicted octanol–water partition coefficient (Wildman–Crippen LogP) is 4.67. The molecule has 22 heavy (non-hydrogen) atoms. The number of alkyl halides is 3. The van der Waals surface area contributed by atoms with Gasteiger partial charge in [0.05, 0.1) is 17.3 Å². The van der Waals surface area contributed by atoms with Crippen LogP contribution in [0.1, 0.15) is 6.92 Å². The molecule has 0 saturated heterocycles. The Morgan fingerprint density at radius 2 is 2.00 bits per heavy atom. The van der Waals surface area contributed by atoms with Gasteiger partial charge in [0.2, 0.25) is 5.28 Å². The van der Waals surface area contributed by atoms with E-state index in [1.165, 1.54) is 23.0 Å². The number of nitrogens with zero attached hydrogens (tertiary/aromatic N) is 4. The van der Waals surface area contributed by atoms with E-state index in [0.29, 0.717) is 16.7 Å². The minimum Gasteiger partial charge on any atom is -0.215 e. The van der Waals surface area contributed by atoms with E-state index in [2.05, 4.69) is 21.6 Å². The molecule has 0 spiro atoms. The van der Waals surface area contributed by atoms with Crippen molar-refractivity contribution in [2.24, 2.45) is 0 Å². The zero-order valence-corrected chi connectivity index (χ0v) is 12.7. The Morgan fingerprint density at radius 3 is 2.64 bits per heavy atom. The Morgan fingerprint density at radius 1 is 1.32 bits per heavy atom. The molecular formula is C13H9Cl2F3N4. The number of aromatic nitrogens is 4. The molecule has 0 saturated carbocycles. The minimum absolute atomic E-state index is 0.0659. The molecule has 4 nitrogen and oxygen atoms in total. The van der Waals surface area contributed by atoms with Gasteiger partial charge in [-0.25, -0.2) is 9.67 Å². The Hall–Kier alpha value is -1.86. The number of hydrogen-bond donors (Lipinski definition) is 0. The van der Waals surface area contributed by atoms with Crippen LogP contribution in [-0.2, 0) is 0 Å². The average Bonchev–Trinajstić information content (AvgIpc) is 2.81. The van der Waals surface area contributed by atoms with Gasteiger partial charge in [-0.1, -0.05) is 30.3 Å². The van der Waals surface area contributed by atoms with Crippen molar-refractivity contribution >= 4 is 39.9 Å². The SMILES string of the molecule is C=C(/C=C\C=C(/C)C(F)(F)F)n1ncc2c(Cl)nc(Cl)nc21. The Balaban J connectivity index is 2.32. The highest BCUT2D eigenvalue weighted by molar-refractivity contribution is 6.35. The number of rotatable bonds is 3. The van der Waals surface area contributed by atoms with E-state index in [-0.39, 0.29) is 10.4 Å². The van der Waals surface area contributed by atoms with Gasteiger partial charge in [0.15, 0.2) is 5.65 Å². The fourth-order valence-electron chi connectivity index (χ4n) is 1.53. The van der Waals surface area contributed by atoms with Crippen LogP contribution >= 0.6 is 23.2 Å². The van der Waals surface area contributed by atoms with E-state index >= 15 is 0 Å². The first-order valence-electron chi connectivity index (χ1n) is 5.88. The fourth-order valence-corrected chi connectivity index (χ4v) is 1.95. The summed E-state index contributed by atoms with van der Waals surface area (Å²) >= 11 is 11.6. The topological polar surface area (TPSA) is 43.6 Å². The summed E-state index contributed by atoms with van der Waals surface area (Å²) in [6.07, 6.45) is 0.586. The number of hydrogen-bond acceptors (Lipinski definition) is 3. The molecule has 0 radical (unpaired) electrons. The summed E-state index contributed by atoms with van der Waals surface area (Å²) in [5.74, 6) is 0. The lowest BCUT2D eigenvalue weighted by Gasteiger charge is -2.04. The first kappa shape index (κ1) is 16.5. The van der Waals surface area contributed by atoms with Crippen molar-refractivity contribution in [2.45, 2.75) is 13.1 Å². The van der Waals surface area contributed by atoms with Crippen LogP contribution in [0.25, 0.3) is 16.7 Å². The van der Waals surface area contributed by atoms with Gasteiger partial charge in [-0.2, -0.15) is 23.3 Å². The van der Waals surface area contributed by atoms with Gasteiger partial charge in [-0.15, -0.1) is 0 Å². The third kappa shape index (κ3) is 3.48. The maximum Gasteiger partial charge on any atom is 0.412 e. The standard InChI is InChI=1S/C13H9Cl2F3N4/c1-7(13(16,17)18)4-3-5-8(2)22-11-9(6-19-22)10(14)20-12(15)21-11/h3-6H,2H2,1H3/b5-3-,7-4+. The first-order chi connectivity index (χ1) is 10.2. The largest absolute Gasteiger partial charge is 0.412 e. The average molecular weight is 349 g/mol. The first-order valence-corrected chi connectivity index (χ1v) is 6.64. The fraction of sp³-hybridized carbons (Fsp3) is 0.154. The van der Waals surface area contributed by atoms with Crippen molar-refractivity contribution in [3.05, 3.63) is 47.0 Å². The van der Waals surface area contributed by atoms with E-state index < -0.39 is 11.7 Å². The highest BCUT2D eigenvalue weighted by atomic mass is 35.5. The van der Waals surface area contributed by atoms with E-state index in [1.807, 2.05) is 0 Å². The molecular weight excluding hydrogens is 340 g/mol. The van der Waals surface area contributed by atoms with Gasteiger partial charge in [-0.05, 0) is 24.6 Å². The molecule has 9 heteroatoms. The predicted molar refractivity (Wildman–Crippen MR) is 79.6 cm³/mol. The molecule has 116 valence electrons. The monoisotopic (exact) mass is 348 g/mol. The van der Waals surface area contributed by atoms with Crippen LogP contribution in [0.4, 0.5) is 13.2 Å². The normalized spacial score (nSPS) is 13.3. The molecule has 2 aromatic rings. The Bertz CT molecular complexity index is 790. The molecule has 0 aliphatic heterocycles. The molecule has 0 aromatic carbocycles. The lowest BCUT2D eigenvalue weighted by atomic mass is 10.2. The lowest BCUT2D eigenvalue weighted by Crippen LogP contribution is -2.08. The zero-order chi connectivity index (χ0) is 16.5. The van der Waals surface area contributed by atoms with Gasteiger partial charge >= 0.3 is 6.18 Å². The maximum atomic E-state index is 12.4. The van der Waals surface area contributed by atoms with Crippen LogP contribution in [-0.4, -0.2) is 25.9 Å². The highest BCUT2D eigenvalue weighted by Crippen LogP contribution is 2.25. The third-order valence-electron chi connectivity index (χ3n) is 2.71. The van der Waals surface area contributed by atoms with Crippen LogP contribution in [0.3, 0.4) is 0 Å². The number of fused-ring (bicyclic) bond motifs is 1. The second-order valence-corrected chi connectivity index (χ2v) is 4.97. The highest BCUT2D eigenvalue weighted by Gasteiger charge is 2.29. The molecule has 0 atom stereocenters. The molecule has 0 unspecified atom stereocenters. The zero-order valence-electron chi connectivity index (χ0n) is 11.2. The van der Waals surface area contributed by atoms with Crippen LogP contribution in [0.5, 0.6) is 0 Å². The van der Waals surface area contributed by atoms with Gasteiger partial charge in [0.25, 0.3) is 0 Å². The van der Waals surface area contributed by atoms with Crippen LogP contribution in [0.2, 0.25) is 10.4 Å². The van der Waals surface area contributed by atoms with Crippen molar-refractivity contribution in [3.8, 4) is 0 Å². The molecule has 0 bridgehead atoms. The van der Waals surface area contributed by atoms with Gasteiger partial charge < -0.3 is 0 Å². The second-order valence-electron chi connectivity index (χ2n) is 4.27. The molecule has 2 heterocycles. The molecule has 2 aromatic heterocycles. The maximum absolute atomic E-state index is 12.4. The molecule has 0 N–H and O–H groups in total. The van der Waals surface area contributed by atoms with Crippen LogP contribution in [0, 0.1) is 0 Å². The van der Waals surface area contributed by atoms with E-state index in [9.17, 15) is 13.2 Å². The Labute approximate surface area is 133 Å². The summed E-state index contributed by atoms with van der Waals surface area (Å²) < 4.78 is 38.4. The van der Waals surface area contributed by atoms with Crippen molar-refractivity contribution < 1.29 is 13.2 Å². The number of allylic oxidation sites excluding steroid dienone is 5. The molecule has 2 rings (SSSR count). The summed E-state index contributed by atoms with van der Waals surface area (Å²) in [5, 5.41) is 4.55. The summed E-state index contributed by atoms with van der Waals surface area (Å²) in [6.45, 7) is 4.70. The van der Waals surface area contributed by atoms with Crippen LogP contribution < -0.4 is 0 Å². The third-order valence-corrected chi connectivity index (χ3v) is 3.17. The number of halogens is 5. The lowest BCUT2D eigenvalue weighted by molar-refractivity contribution is -0.0912. The molecule has 0 amide bonds.